The normalized spacial score (nSPS) is 16.1. The molecule has 2 aromatic carbocycles. The van der Waals surface area contributed by atoms with Crippen LogP contribution in [0.3, 0.4) is 0 Å². The lowest BCUT2D eigenvalue weighted by molar-refractivity contribution is 0.165. The van der Waals surface area contributed by atoms with Crippen LogP contribution in [-0.2, 0) is 14.8 Å². The van der Waals surface area contributed by atoms with Gasteiger partial charge in [0.1, 0.15) is 0 Å². The number of ether oxygens (including phenoxy) is 2. The maximum atomic E-state index is 14.5. The SMILES string of the molecule is O=S(=O)(Nc1cccnc1Nc1ccccc1)c1ccc(OCC2CCOC2)c(F)c1. The van der Waals surface area contributed by atoms with Gasteiger partial charge in [-0.1, -0.05) is 18.2 Å². The van der Waals surface area contributed by atoms with Crippen molar-refractivity contribution in [3.05, 3.63) is 72.7 Å². The van der Waals surface area contributed by atoms with E-state index in [-0.39, 0.29) is 22.3 Å². The van der Waals surface area contributed by atoms with E-state index < -0.39 is 15.8 Å². The highest BCUT2D eigenvalue weighted by Crippen LogP contribution is 2.27. The molecule has 31 heavy (non-hydrogen) atoms. The van der Waals surface area contributed by atoms with Gasteiger partial charge in [-0.2, -0.15) is 0 Å². The van der Waals surface area contributed by atoms with E-state index in [0.29, 0.717) is 25.6 Å². The Morgan fingerprint density at radius 1 is 1.13 bits per heavy atom. The fourth-order valence-electron chi connectivity index (χ4n) is 3.14. The standard InChI is InChI=1S/C22H22FN3O4S/c23-19-13-18(8-9-21(19)30-15-16-10-12-29-14-16)31(27,28)26-20-7-4-11-24-22(20)25-17-5-2-1-3-6-17/h1-9,11,13,16,26H,10,12,14-15H2,(H,24,25). The molecule has 2 heterocycles. The summed E-state index contributed by atoms with van der Waals surface area (Å²) in [5.41, 5.74) is 0.996. The summed E-state index contributed by atoms with van der Waals surface area (Å²) in [4.78, 5) is 3.99. The molecule has 7 nitrogen and oxygen atoms in total. The molecular formula is C22H22FN3O4S. The first-order chi connectivity index (χ1) is 15.0. The summed E-state index contributed by atoms with van der Waals surface area (Å²) >= 11 is 0. The van der Waals surface area contributed by atoms with E-state index in [0.717, 1.165) is 18.2 Å². The molecule has 1 aromatic heterocycles. The third-order valence-electron chi connectivity index (χ3n) is 4.80. The number of nitrogens with one attached hydrogen (secondary N) is 2. The lowest BCUT2D eigenvalue weighted by Gasteiger charge is -2.14. The molecule has 0 amide bonds. The predicted molar refractivity (Wildman–Crippen MR) is 116 cm³/mol. The number of aromatic nitrogens is 1. The summed E-state index contributed by atoms with van der Waals surface area (Å²) in [5, 5.41) is 3.07. The smallest absolute Gasteiger partial charge is 0.262 e. The Bertz CT molecular complexity index is 1140. The Morgan fingerprint density at radius 2 is 1.97 bits per heavy atom. The zero-order chi connectivity index (χ0) is 21.7. The van der Waals surface area contributed by atoms with Crippen molar-refractivity contribution in [2.75, 3.05) is 29.9 Å². The summed E-state index contributed by atoms with van der Waals surface area (Å²) in [7, 11) is -4.04. The summed E-state index contributed by atoms with van der Waals surface area (Å²) in [6.07, 6.45) is 2.41. The van der Waals surface area contributed by atoms with Crippen molar-refractivity contribution in [2.45, 2.75) is 11.3 Å². The molecule has 0 spiro atoms. The van der Waals surface area contributed by atoms with Crippen molar-refractivity contribution in [2.24, 2.45) is 5.92 Å². The van der Waals surface area contributed by atoms with E-state index in [2.05, 4.69) is 15.0 Å². The molecule has 3 aromatic rings. The highest BCUT2D eigenvalue weighted by Gasteiger charge is 2.21. The number of hydrogen-bond acceptors (Lipinski definition) is 6. The van der Waals surface area contributed by atoms with Gasteiger partial charge in [-0.3, -0.25) is 4.72 Å². The van der Waals surface area contributed by atoms with Crippen molar-refractivity contribution in [1.29, 1.82) is 0 Å². The van der Waals surface area contributed by atoms with Gasteiger partial charge in [0, 0.05) is 24.4 Å². The third-order valence-corrected chi connectivity index (χ3v) is 6.16. The quantitative estimate of drug-likeness (QED) is 0.543. The second-order valence-electron chi connectivity index (χ2n) is 7.13. The van der Waals surface area contributed by atoms with Crippen LogP contribution in [0.4, 0.5) is 21.6 Å². The highest BCUT2D eigenvalue weighted by atomic mass is 32.2. The van der Waals surface area contributed by atoms with Gasteiger partial charge in [0.2, 0.25) is 0 Å². The number of sulfonamides is 1. The zero-order valence-electron chi connectivity index (χ0n) is 16.6. The molecule has 2 N–H and O–H groups in total. The fourth-order valence-corrected chi connectivity index (χ4v) is 4.22. The van der Waals surface area contributed by atoms with Crippen LogP contribution in [0.2, 0.25) is 0 Å². The number of rotatable bonds is 8. The largest absolute Gasteiger partial charge is 0.490 e. The van der Waals surface area contributed by atoms with Gasteiger partial charge in [0.15, 0.2) is 17.4 Å². The van der Waals surface area contributed by atoms with Gasteiger partial charge < -0.3 is 14.8 Å². The van der Waals surface area contributed by atoms with E-state index in [1.54, 1.807) is 18.3 Å². The van der Waals surface area contributed by atoms with Crippen LogP contribution in [-0.4, -0.2) is 33.2 Å². The summed E-state index contributed by atoms with van der Waals surface area (Å²) in [6.45, 7) is 1.59. The van der Waals surface area contributed by atoms with E-state index in [9.17, 15) is 12.8 Å². The number of para-hydroxylation sites is 1. The molecule has 0 radical (unpaired) electrons. The van der Waals surface area contributed by atoms with Gasteiger partial charge in [-0.15, -0.1) is 0 Å². The molecule has 1 fully saturated rings. The first-order valence-electron chi connectivity index (χ1n) is 9.81. The van der Waals surface area contributed by atoms with Crippen molar-refractivity contribution in [1.82, 2.24) is 4.98 Å². The van der Waals surface area contributed by atoms with E-state index in [1.807, 2.05) is 30.3 Å². The third kappa shape index (κ3) is 5.31. The molecule has 9 heteroatoms. The monoisotopic (exact) mass is 443 g/mol. The van der Waals surface area contributed by atoms with Gasteiger partial charge in [-0.25, -0.2) is 17.8 Å². The molecule has 0 bridgehead atoms. The number of pyridine rings is 1. The second kappa shape index (κ2) is 9.32. The van der Waals surface area contributed by atoms with E-state index in [4.69, 9.17) is 9.47 Å². The summed E-state index contributed by atoms with van der Waals surface area (Å²) in [6, 6.07) is 16.0. The maximum absolute atomic E-state index is 14.5. The number of benzene rings is 2. The van der Waals surface area contributed by atoms with Crippen LogP contribution in [0.5, 0.6) is 5.75 Å². The Hall–Kier alpha value is -3.17. The van der Waals surface area contributed by atoms with Gasteiger partial charge in [-0.05, 0) is 48.9 Å². The van der Waals surface area contributed by atoms with Crippen LogP contribution >= 0.6 is 0 Å². The van der Waals surface area contributed by atoms with Gasteiger partial charge in [0.25, 0.3) is 10.0 Å². The lowest BCUT2D eigenvalue weighted by Crippen LogP contribution is -2.15. The van der Waals surface area contributed by atoms with Gasteiger partial charge >= 0.3 is 0 Å². The molecule has 1 unspecified atom stereocenters. The van der Waals surface area contributed by atoms with Crippen LogP contribution < -0.4 is 14.8 Å². The Balaban J connectivity index is 1.49. The first kappa shape index (κ1) is 21.1. The molecule has 4 rings (SSSR count). The minimum atomic E-state index is -4.04. The minimum Gasteiger partial charge on any atom is -0.490 e. The predicted octanol–water partition coefficient (Wildman–Crippen LogP) is 4.18. The van der Waals surface area contributed by atoms with Crippen LogP contribution in [0.15, 0.2) is 71.8 Å². The Labute approximate surface area is 180 Å². The number of hydrogen-bond donors (Lipinski definition) is 2. The number of nitrogens with zero attached hydrogens (tertiary/aromatic N) is 1. The Kier molecular flexibility index (Phi) is 6.34. The van der Waals surface area contributed by atoms with Gasteiger partial charge in [0.05, 0.1) is 23.8 Å². The van der Waals surface area contributed by atoms with Crippen molar-refractivity contribution in [3.8, 4) is 5.75 Å². The molecule has 162 valence electrons. The average Bonchev–Trinajstić information content (AvgIpc) is 3.28. The fraction of sp³-hybridized carbons (Fsp3) is 0.227. The molecule has 1 aliphatic rings. The summed E-state index contributed by atoms with van der Waals surface area (Å²) < 4.78 is 53.4. The van der Waals surface area contributed by atoms with Crippen LogP contribution in [0.1, 0.15) is 6.42 Å². The van der Waals surface area contributed by atoms with Crippen molar-refractivity contribution < 1.29 is 22.3 Å². The molecular weight excluding hydrogens is 421 g/mol. The topological polar surface area (TPSA) is 89.6 Å². The van der Waals surface area contributed by atoms with E-state index in [1.165, 1.54) is 12.1 Å². The Morgan fingerprint density at radius 3 is 2.71 bits per heavy atom. The number of halogens is 1. The van der Waals surface area contributed by atoms with Crippen LogP contribution in [0.25, 0.3) is 0 Å². The van der Waals surface area contributed by atoms with E-state index >= 15 is 0 Å². The lowest BCUT2D eigenvalue weighted by atomic mass is 10.1. The maximum Gasteiger partial charge on any atom is 0.262 e. The van der Waals surface area contributed by atoms with Crippen LogP contribution in [0, 0.1) is 11.7 Å². The zero-order valence-corrected chi connectivity index (χ0v) is 17.4. The highest BCUT2D eigenvalue weighted by molar-refractivity contribution is 7.92. The number of anilines is 3. The molecule has 1 atom stereocenters. The average molecular weight is 444 g/mol. The molecule has 0 saturated carbocycles. The van der Waals surface area contributed by atoms with Crippen molar-refractivity contribution in [3.63, 3.8) is 0 Å². The summed E-state index contributed by atoms with van der Waals surface area (Å²) in [5.74, 6) is -0.184. The molecule has 1 aliphatic heterocycles. The second-order valence-corrected chi connectivity index (χ2v) is 8.81. The van der Waals surface area contributed by atoms with Crippen molar-refractivity contribution >= 4 is 27.2 Å². The first-order valence-corrected chi connectivity index (χ1v) is 11.3. The molecule has 1 saturated heterocycles. The molecule has 0 aliphatic carbocycles. The minimum absolute atomic E-state index is 0.0126.